The minimum atomic E-state index is -2.98. The Hall–Kier alpha value is -1.34. The fraction of sp³-hybridized carbons (Fsp3) is 0.500. The molecule has 0 atom stereocenters. The third-order valence-electron chi connectivity index (χ3n) is 2.15. The monoisotopic (exact) mass is 261 g/mol. The molecule has 0 aromatic carbocycles. The lowest BCUT2D eigenvalue weighted by atomic mass is 10.2. The number of carboxylic acid groups (broad SMARTS) is 1. The fourth-order valence-corrected chi connectivity index (χ4v) is 1.83. The standard InChI is InChI=1S/C10H15NO5S/c1-7-9(10(12)13)5-8(16-7)6-11-3-4-17(2,14)15/h5,11H,3-4,6H2,1-2H3,(H,12,13). The van der Waals surface area contributed by atoms with Gasteiger partial charge in [0.2, 0.25) is 0 Å². The van der Waals surface area contributed by atoms with Crippen LogP contribution in [0.1, 0.15) is 21.9 Å². The zero-order chi connectivity index (χ0) is 13.1. The van der Waals surface area contributed by atoms with Crippen molar-refractivity contribution in [2.45, 2.75) is 13.5 Å². The second-order valence-corrected chi connectivity index (χ2v) is 6.05. The quantitative estimate of drug-likeness (QED) is 0.720. The Labute approximate surface area is 99.5 Å². The van der Waals surface area contributed by atoms with E-state index in [1.165, 1.54) is 6.07 Å². The third-order valence-corrected chi connectivity index (χ3v) is 3.09. The lowest BCUT2D eigenvalue weighted by Gasteiger charge is -2.00. The number of carbonyl (C=O) groups is 1. The molecule has 1 aromatic heterocycles. The van der Waals surface area contributed by atoms with Gasteiger partial charge in [-0.15, -0.1) is 0 Å². The predicted molar refractivity (Wildman–Crippen MR) is 61.8 cm³/mol. The molecule has 0 radical (unpaired) electrons. The average Bonchev–Trinajstić information content (AvgIpc) is 2.53. The van der Waals surface area contributed by atoms with Gasteiger partial charge in [-0.2, -0.15) is 0 Å². The van der Waals surface area contributed by atoms with Gasteiger partial charge in [0.25, 0.3) is 0 Å². The Bertz CT molecular complexity index is 503. The largest absolute Gasteiger partial charge is 0.478 e. The van der Waals surface area contributed by atoms with E-state index < -0.39 is 15.8 Å². The van der Waals surface area contributed by atoms with Crippen molar-refractivity contribution in [2.24, 2.45) is 0 Å². The molecule has 0 unspecified atom stereocenters. The molecule has 96 valence electrons. The molecule has 0 aliphatic heterocycles. The molecule has 1 aromatic rings. The van der Waals surface area contributed by atoms with Crippen molar-refractivity contribution in [3.8, 4) is 0 Å². The summed E-state index contributed by atoms with van der Waals surface area (Å²) in [6.45, 7) is 2.19. The maximum Gasteiger partial charge on any atom is 0.339 e. The van der Waals surface area contributed by atoms with E-state index in [-0.39, 0.29) is 11.3 Å². The van der Waals surface area contributed by atoms with Crippen molar-refractivity contribution >= 4 is 15.8 Å². The zero-order valence-electron chi connectivity index (χ0n) is 9.69. The van der Waals surface area contributed by atoms with Crippen LogP contribution in [0.4, 0.5) is 0 Å². The number of furan rings is 1. The summed E-state index contributed by atoms with van der Waals surface area (Å²) in [7, 11) is -2.98. The molecule has 0 amide bonds. The highest BCUT2D eigenvalue weighted by Gasteiger charge is 2.13. The number of hydrogen-bond donors (Lipinski definition) is 2. The van der Waals surface area contributed by atoms with Gasteiger partial charge in [0, 0.05) is 12.8 Å². The summed E-state index contributed by atoms with van der Waals surface area (Å²) in [5.41, 5.74) is 0.130. The number of rotatable bonds is 6. The zero-order valence-corrected chi connectivity index (χ0v) is 10.5. The number of sulfone groups is 1. The number of hydrogen-bond acceptors (Lipinski definition) is 5. The molecule has 0 saturated heterocycles. The fourth-order valence-electron chi connectivity index (χ4n) is 1.31. The normalized spacial score (nSPS) is 11.6. The Kier molecular flexibility index (Phi) is 4.30. The van der Waals surface area contributed by atoms with Crippen molar-refractivity contribution in [1.29, 1.82) is 0 Å². The van der Waals surface area contributed by atoms with Gasteiger partial charge in [-0.1, -0.05) is 0 Å². The van der Waals surface area contributed by atoms with E-state index in [4.69, 9.17) is 9.52 Å². The minimum Gasteiger partial charge on any atom is -0.478 e. The van der Waals surface area contributed by atoms with Crippen LogP contribution in [0.2, 0.25) is 0 Å². The van der Waals surface area contributed by atoms with Gasteiger partial charge in [-0.3, -0.25) is 0 Å². The van der Waals surface area contributed by atoms with Crippen LogP contribution in [0.15, 0.2) is 10.5 Å². The summed E-state index contributed by atoms with van der Waals surface area (Å²) in [4.78, 5) is 10.7. The van der Waals surface area contributed by atoms with Crippen LogP contribution in [-0.2, 0) is 16.4 Å². The Morgan fingerprint density at radius 3 is 2.65 bits per heavy atom. The summed E-state index contributed by atoms with van der Waals surface area (Å²) in [6, 6.07) is 1.44. The first-order valence-electron chi connectivity index (χ1n) is 5.00. The molecular formula is C10H15NO5S. The molecule has 0 fully saturated rings. The smallest absolute Gasteiger partial charge is 0.339 e. The molecule has 2 N–H and O–H groups in total. The second-order valence-electron chi connectivity index (χ2n) is 3.79. The predicted octanol–water partition coefficient (Wildman–Crippen LogP) is 0.420. The summed E-state index contributed by atoms with van der Waals surface area (Å²) in [5.74, 6) is -0.169. The van der Waals surface area contributed by atoms with Gasteiger partial charge >= 0.3 is 5.97 Å². The summed E-state index contributed by atoms with van der Waals surface area (Å²) in [5, 5.41) is 11.7. The topological polar surface area (TPSA) is 96.6 Å². The van der Waals surface area contributed by atoms with Crippen LogP contribution >= 0.6 is 0 Å². The SMILES string of the molecule is Cc1oc(CNCCS(C)(=O)=O)cc1C(=O)O. The van der Waals surface area contributed by atoms with Crippen LogP contribution in [0.25, 0.3) is 0 Å². The molecular weight excluding hydrogens is 246 g/mol. The van der Waals surface area contributed by atoms with E-state index in [0.29, 0.717) is 24.6 Å². The molecule has 17 heavy (non-hydrogen) atoms. The van der Waals surface area contributed by atoms with E-state index >= 15 is 0 Å². The van der Waals surface area contributed by atoms with Crippen LogP contribution < -0.4 is 5.32 Å². The van der Waals surface area contributed by atoms with Crippen molar-refractivity contribution in [3.05, 3.63) is 23.2 Å². The first kappa shape index (κ1) is 13.7. The average molecular weight is 261 g/mol. The van der Waals surface area contributed by atoms with E-state index in [1.807, 2.05) is 0 Å². The van der Waals surface area contributed by atoms with Gasteiger partial charge in [-0.05, 0) is 13.0 Å². The highest BCUT2D eigenvalue weighted by molar-refractivity contribution is 7.90. The van der Waals surface area contributed by atoms with Gasteiger partial charge in [0.1, 0.15) is 26.9 Å². The van der Waals surface area contributed by atoms with E-state index in [1.54, 1.807) is 6.92 Å². The highest BCUT2D eigenvalue weighted by Crippen LogP contribution is 2.14. The minimum absolute atomic E-state index is 0.0402. The van der Waals surface area contributed by atoms with E-state index in [9.17, 15) is 13.2 Å². The van der Waals surface area contributed by atoms with Gasteiger partial charge in [0.05, 0.1) is 12.3 Å². The van der Waals surface area contributed by atoms with Crippen LogP contribution in [-0.4, -0.2) is 38.0 Å². The van der Waals surface area contributed by atoms with Crippen LogP contribution in [0.3, 0.4) is 0 Å². The first-order valence-corrected chi connectivity index (χ1v) is 7.06. The van der Waals surface area contributed by atoms with Crippen molar-refractivity contribution in [2.75, 3.05) is 18.6 Å². The first-order chi connectivity index (χ1) is 7.79. The van der Waals surface area contributed by atoms with Gasteiger partial charge in [0.15, 0.2) is 0 Å². The lowest BCUT2D eigenvalue weighted by molar-refractivity contribution is 0.0695. The number of nitrogens with one attached hydrogen (secondary N) is 1. The number of aryl methyl sites for hydroxylation is 1. The second kappa shape index (κ2) is 5.33. The van der Waals surface area contributed by atoms with Gasteiger partial charge in [-0.25, -0.2) is 13.2 Å². The lowest BCUT2D eigenvalue weighted by Crippen LogP contribution is -2.21. The molecule has 0 aliphatic carbocycles. The van der Waals surface area contributed by atoms with Crippen molar-refractivity contribution in [3.63, 3.8) is 0 Å². The van der Waals surface area contributed by atoms with Crippen LogP contribution in [0.5, 0.6) is 0 Å². The van der Waals surface area contributed by atoms with Crippen molar-refractivity contribution < 1.29 is 22.7 Å². The van der Waals surface area contributed by atoms with E-state index in [0.717, 1.165) is 6.26 Å². The maximum atomic E-state index is 10.8. The Morgan fingerprint density at radius 1 is 1.53 bits per heavy atom. The molecule has 7 heteroatoms. The molecule has 0 aliphatic rings. The molecule has 0 saturated carbocycles. The molecule has 0 spiro atoms. The highest BCUT2D eigenvalue weighted by atomic mass is 32.2. The number of aromatic carboxylic acids is 1. The maximum absolute atomic E-state index is 10.8. The molecule has 1 heterocycles. The Balaban J connectivity index is 2.48. The summed E-state index contributed by atoms with van der Waals surface area (Å²) < 4.78 is 26.9. The van der Waals surface area contributed by atoms with Crippen LogP contribution in [0, 0.1) is 6.92 Å². The number of carboxylic acids is 1. The Morgan fingerprint density at radius 2 is 2.18 bits per heavy atom. The molecule has 0 bridgehead atoms. The van der Waals surface area contributed by atoms with Crippen molar-refractivity contribution in [1.82, 2.24) is 5.32 Å². The third kappa shape index (κ3) is 4.58. The summed E-state index contributed by atoms with van der Waals surface area (Å²) in [6.07, 6.45) is 1.16. The molecule has 1 rings (SSSR count). The summed E-state index contributed by atoms with van der Waals surface area (Å²) >= 11 is 0. The van der Waals surface area contributed by atoms with E-state index in [2.05, 4.69) is 5.32 Å². The van der Waals surface area contributed by atoms with Gasteiger partial charge < -0.3 is 14.8 Å². The molecule has 6 nitrogen and oxygen atoms in total.